The Hall–Kier alpha value is -1.73. The number of benzene rings is 1. The second-order valence-corrected chi connectivity index (χ2v) is 1.97. The third-order valence-corrected chi connectivity index (χ3v) is 1.23. The van der Waals surface area contributed by atoms with E-state index in [0.717, 1.165) is 6.21 Å². The van der Waals surface area contributed by atoms with E-state index in [0.29, 0.717) is 5.56 Å². The molecule has 54 valence electrons. The Morgan fingerprint density at radius 2 is 2.00 bits per heavy atom. The van der Waals surface area contributed by atoms with Gasteiger partial charge in [-0.1, -0.05) is 30.3 Å². The predicted molar refractivity (Wildman–Crippen MR) is 40.5 cm³/mol. The van der Waals surface area contributed by atoms with E-state index in [1.165, 1.54) is 0 Å². The summed E-state index contributed by atoms with van der Waals surface area (Å²) < 4.78 is 0. The van der Waals surface area contributed by atoms with Crippen LogP contribution < -0.4 is 0 Å². The van der Waals surface area contributed by atoms with Crippen molar-refractivity contribution in [1.82, 2.24) is 0 Å². The van der Waals surface area contributed by atoms with E-state index < -0.39 is 0 Å². The van der Waals surface area contributed by atoms with E-state index in [-0.39, 0.29) is 5.78 Å². The fourth-order valence-corrected chi connectivity index (χ4v) is 0.729. The first-order valence-electron chi connectivity index (χ1n) is 3.11. The Labute approximate surface area is 63.9 Å². The Balaban J connectivity index is 2.94. The lowest BCUT2D eigenvalue weighted by atomic mass is 10.2. The van der Waals surface area contributed by atoms with Crippen LogP contribution in [0.1, 0.15) is 10.4 Å². The molecule has 0 spiro atoms. The second-order valence-electron chi connectivity index (χ2n) is 1.97. The summed E-state index contributed by atoms with van der Waals surface area (Å²) in [6.45, 7) is 0. The van der Waals surface area contributed by atoms with Gasteiger partial charge in [-0.15, -0.1) is 0 Å². The number of nitrogens with zero attached hydrogens (tertiary/aromatic N) is 2. The molecule has 0 saturated heterocycles. The number of Topliss-reactive ketones (excluding diaryl/α,β-unsaturated/α-hetero) is 1. The summed E-state index contributed by atoms with van der Waals surface area (Å²) in [4.78, 5) is 13.6. The minimum Gasteiger partial charge on any atom is -0.361 e. The molecule has 1 aromatic carbocycles. The van der Waals surface area contributed by atoms with Crippen LogP contribution in [-0.2, 0) is 0 Å². The van der Waals surface area contributed by atoms with Crippen LogP contribution in [-0.4, -0.2) is 16.8 Å². The Morgan fingerprint density at radius 3 is 2.55 bits per heavy atom. The summed E-state index contributed by atoms with van der Waals surface area (Å²) in [6, 6.07) is 8.62. The number of ketones is 1. The number of hydrogen-bond acceptors (Lipinski definition) is 1. The highest BCUT2D eigenvalue weighted by Crippen LogP contribution is 1.96. The van der Waals surface area contributed by atoms with Gasteiger partial charge in [-0.3, -0.25) is 4.79 Å². The molecule has 0 bridgehead atoms. The van der Waals surface area contributed by atoms with Crippen molar-refractivity contribution in [3.05, 3.63) is 41.4 Å². The Bertz CT molecular complexity index is 299. The van der Waals surface area contributed by atoms with Crippen molar-refractivity contribution in [3.63, 3.8) is 0 Å². The number of hydrogen-bond donors (Lipinski definition) is 0. The van der Waals surface area contributed by atoms with Crippen molar-refractivity contribution in [3.8, 4) is 0 Å². The SMILES string of the molecule is [N-]=[N+]=CC(=[18O])c1ccccc1. The van der Waals surface area contributed by atoms with Crippen LogP contribution >= 0.6 is 0 Å². The zero-order valence-corrected chi connectivity index (χ0v) is 5.77. The molecule has 0 aromatic heterocycles. The Morgan fingerprint density at radius 1 is 1.36 bits per heavy atom. The molecule has 3 heteroatoms. The molecule has 1 rings (SSSR count). The van der Waals surface area contributed by atoms with Gasteiger partial charge in [-0.25, -0.2) is 0 Å². The van der Waals surface area contributed by atoms with Gasteiger partial charge in [-0.2, -0.15) is 4.79 Å². The third-order valence-electron chi connectivity index (χ3n) is 1.23. The standard InChI is InChI=1S/C8H6N2O/c9-10-6-8(11)7-4-2-1-3-5-7/h1-6H/i11+2. The van der Waals surface area contributed by atoms with Gasteiger partial charge in [0.1, 0.15) is 0 Å². The van der Waals surface area contributed by atoms with E-state index in [1.54, 1.807) is 24.3 Å². The van der Waals surface area contributed by atoms with Gasteiger partial charge in [0.2, 0.25) is 0 Å². The lowest BCUT2D eigenvalue weighted by molar-refractivity contribution is 0.00235. The maximum Gasteiger partial charge on any atom is 0.328 e. The smallest absolute Gasteiger partial charge is 0.328 e. The average Bonchev–Trinajstić information content (AvgIpc) is 2.07. The molecule has 0 unspecified atom stereocenters. The van der Waals surface area contributed by atoms with Gasteiger partial charge in [0.25, 0.3) is 5.78 Å². The quantitative estimate of drug-likeness (QED) is 0.204. The monoisotopic (exact) mass is 148 g/mol. The molecule has 3 nitrogen and oxygen atoms in total. The minimum atomic E-state index is -0.298. The number of carbonyl (C=O) groups is 1. The predicted octanol–water partition coefficient (Wildman–Crippen LogP) is 1.17. The van der Waals surface area contributed by atoms with Crippen molar-refractivity contribution in [1.29, 1.82) is 0 Å². The first kappa shape index (κ1) is 7.38. The van der Waals surface area contributed by atoms with Gasteiger partial charge in [-0.05, 0) is 0 Å². The van der Waals surface area contributed by atoms with E-state index in [9.17, 15) is 4.79 Å². The van der Waals surface area contributed by atoms with Gasteiger partial charge in [0.15, 0.2) is 0 Å². The maximum atomic E-state index is 10.9. The van der Waals surface area contributed by atoms with Crippen molar-refractivity contribution in [2.24, 2.45) is 0 Å². The summed E-state index contributed by atoms with van der Waals surface area (Å²) in [5.74, 6) is -0.298. The lowest BCUT2D eigenvalue weighted by Gasteiger charge is -1.87. The van der Waals surface area contributed by atoms with Crippen LogP contribution in [0.4, 0.5) is 0 Å². The zero-order chi connectivity index (χ0) is 8.10. The van der Waals surface area contributed by atoms with Crippen LogP contribution in [0.25, 0.3) is 5.53 Å². The van der Waals surface area contributed by atoms with Crippen molar-refractivity contribution >= 4 is 12.0 Å². The fourth-order valence-electron chi connectivity index (χ4n) is 0.729. The molecule has 0 fully saturated rings. The van der Waals surface area contributed by atoms with Crippen molar-refractivity contribution < 1.29 is 9.58 Å². The maximum absolute atomic E-state index is 10.9. The first-order valence-corrected chi connectivity index (χ1v) is 3.11. The molecular weight excluding hydrogens is 142 g/mol. The minimum absolute atomic E-state index is 0.298. The highest BCUT2D eigenvalue weighted by Gasteiger charge is 2.03. The lowest BCUT2D eigenvalue weighted by Crippen LogP contribution is -1.99. The summed E-state index contributed by atoms with van der Waals surface area (Å²) in [5, 5.41) is 0. The highest BCUT2D eigenvalue weighted by atomic mass is 18.1. The van der Waals surface area contributed by atoms with Crippen LogP contribution in [0, 0.1) is 0 Å². The first-order chi connectivity index (χ1) is 5.34. The normalized spacial score (nSPS) is 8.36. The highest BCUT2D eigenvalue weighted by molar-refractivity contribution is 6.33. The van der Waals surface area contributed by atoms with Crippen molar-refractivity contribution in [2.75, 3.05) is 0 Å². The molecule has 0 aliphatic carbocycles. The zero-order valence-electron chi connectivity index (χ0n) is 5.77. The van der Waals surface area contributed by atoms with E-state index >= 15 is 0 Å². The second kappa shape index (κ2) is 3.44. The molecule has 0 heterocycles. The molecule has 0 atom stereocenters. The summed E-state index contributed by atoms with van der Waals surface area (Å²) in [6.07, 6.45) is 0.870. The molecule has 0 radical (unpaired) electrons. The summed E-state index contributed by atoms with van der Waals surface area (Å²) in [5.41, 5.74) is 8.57. The van der Waals surface area contributed by atoms with Crippen molar-refractivity contribution in [2.45, 2.75) is 0 Å². The van der Waals surface area contributed by atoms with Crippen LogP contribution in [0.3, 0.4) is 0 Å². The fraction of sp³-hybridized carbons (Fsp3) is 0. The van der Waals surface area contributed by atoms with Gasteiger partial charge >= 0.3 is 6.21 Å². The van der Waals surface area contributed by atoms with E-state index in [4.69, 9.17) is 5.53 Å². The van der Waals surface area contributed by atoms with Gasteiger partial charge in [0, 0.05) is 5.56 Å². The van der Waals surface area contributed by atoms with Crippen LogP contribution in [0.2, 0.25) is 0 Å². The molecule has 0 amide bonds. The van der Waals surface area contributed by atoms with Gasteiger partial charge in [0.05, 0.1) is 0 Å². The average molecular weight is 148 g/mol. The van der Waals surface area contributed by atoms with Crippen LogP contribution in [0.15, 0.2) is 30.3 Å². The summed E-state index contributed by atoms with van der Waals surface area (Å²) >= 11 is 0. The topological polar surface area (TPSA) is 53.5 Å². The Kier molecular flexibility index (Phi) is 2.31. The molecule has 0 aliphatic heterocycles. The molecule has 0 aliphatic rings. The van der Waals surface area contributed by atoms with E-state index in [2.05, 4.69) is 4.79 Å². The largest absolute Gasteiger partial charge is 0.361 e. The third kappa shape index (κ3) is 1.85. The number of rotatable bonds is 2. The van der Waals surface area contributed by atoms with Crippen LogP contribution in [0.5, 0.6) is 0 Å². The molecule has 11 heavy (non-hydrogen) atoms. The molecule has 0 N–H and O–H groups in total. The van der Waals surface area contributed by atoms with Gasteiger partial charge < -0.3 is 5.53 Å². The van der Waals surface area contributed by atoms with E-state index in [1.807, 2.05) is 6.07 Å². The molecule has 0 saturated carbocycles. The molecule has 1 aromatic rings. The molecular formula is C8H6N2O. The number of carbonyl (C=O) groups excluding carboxylic acids is 1. The summed E-state index contributed by atoms with van der Waals surface area (Å²) in [7, 11) is 0.